The Morgan fingerprint density at radius 3 is 2.72 bits per heavy atom. The summed E-state index contributed by atoms with van der Waals surface area (Å²) in [4.78, 5) is 30.1. The van der Waals surface area contributed by atoms with E-state index >= 15 is 0 Å². The maximum absolute atomic E-state index is 12.9. The number of carbonyl (C=O) groups excluding carboxylic acids is 1. The molecule has 32 heavy (non-hydrogen) atoms. The second-order valence-electron chi connectivity index (χ2n) is 7.13. The van der Waals surface area contributed by atoms with Crippen molar-refractivity contribution in [3.63, 3.8) is 0 Å². The van der Waals surface area contributed by atoms with Crippen LogP contribution < -0.4 is 20.3 Å². The first-order valence-corrected chi connectivity index (χ1v) is 11.2. The zero-order valence-electron chi connectivity index (χ0n) is 18.3. The molecule has 0 radical (unpaired) electrons. The number of thioether (sulfide) groups is 1. The first-order chi connectivity index (χ1) is 15.5. The predicted molar refractivity (Wildman–Crippen MR) is 125 cm³/mol. The standard InChI is InChI=1S/C23H27N3O5S/c1-15(18-13-16(30-2)9-10-20(18)31-3)24-21(28)14-32-23-25-19-8-5-4-7-17(19)22(29)26(23)11-6-12-27/h4-5,7-10,13,15,27H,6,11-12,14H2,1-3H3,(H,24,28). The Labute approximate surface area is 190 Å². The molecule has 1 atom stereocenters. The van der Waals surface area contributed by atoms with Gasteiger partial charge in [-0.15, -0.1) is 0 Å². The lowest BCUT2D eigenvalue weighted by molar-refractivity contribution is -0.119. The van der Waals surface area contributed by atoms with Gasteiger partial charge in [0.1, 0.15) is 11.5 Å². The van der Waals surface area contributed by atoms with Crippen LogP contribution in [-0.4, -0.2) is 47.1 Å². The fourth-order valence-corrected chi connectivity index (χ4v) is 4.19. The maximum atomic E-state index is 12.9. The van der Waals surface area contributed by atoms with Gasteiger partial charge in [-0.3, -0.25) is 14.2 Å². The summed E-state index contributed by atoms with van der Waals surface area (Å²) < 4.78 is 12.2. The lowest BCUT2D eigenvalue weighted by Gasteiger charge is -2.18. The second-order valence-corrected chi connectivity index (χ2v) is 8.07. The number of ether oxygens (including phenoxy) is 2. The van der Waals surface area contributed by atoms with E-state index in [9.17, 15) is 14.7 Å². The molecular formula is C23H27N3O5S. The van der Waals surface area contributed by atoms with E-state index in [4.69, 9.17) is 9.47 Å². The molecule has 3 rings (SSSR count). The van der Waals surface area contributed by atoms with Gasteiger partial charge in [0.2, 0.25) is 5.91 Å². The van der Waals surface area contributed by atoms with Gasteiger partial charge in [-0.1, -0.05) is 23.9 Å². The van der Waals surface area contributed by atoms with Crippen molar-refractivity contribution >= 4 is 28.6 Å². The number of hydrogen-bond donors (Lipinski definition) is 2. The van der Waals surface area contributed by atoms with Gasteiger partial charge in [-0.05, 0) is 43.7 Å². The van der Waals surface area contributed by atoms with Crippen LogP contribution >= 0.6 is 11.8 Å². The molecule has 0 saturated carbocycles. The van der Waals surface area contributed by atoms with Gasteiger partial charge in [0, 0.05) is 18.7 Å². The minimum absolute atomic E-state index is 0.0380. The first kappa shape index (κ1) is 23.6. The Kier molecular flexibility index (Phi) is 8.13. The molecular weight excluding hydrogens is 430 g/mol. The quantitative estimate of drug-likeness (QED) is 0.356. The lowest BCUT2D eigenvalue weighted by Crippen LogP contribution is -2.29. The molecule has 1 amide bonds. The summed E-state index contributed by atoms with van der Waals surface area (Å²) in [5, 5.41) is 13.1. The average Bonchev–Trinajstić information content (AvgIpc) is 2.81. The van der Waals surface area contributed by atoms with E-state index in [2.05, 4.69) is 10.3 Å². The number of hydrogen-bond acceptors (Lipinski definition) is 7. The number of carbonyl (C=O) groups is 1. The van der Waals surface area contributed by atoms with E-state index < -0.39 is 0 Å². The highest BCUT2D eigenvalue weighted by atomic mass is 32.2. The third-order valence-corrected chi connectivity index (χ3v) is 5.96. The van der Waals surface area contributed by atoms with Crippen LogP contribution in [0.15, 0.2) is 52.4 Å². The lowest BCUT2D eigenvalue weighted by atomic mass is 10.1. The van der Waals surface area contributed by atoms with Gasteiger partial charge in [0.25, 0.3) is 5.56 Å². The number of amides is 1. The van der Waals surface area contributed by atoms with E-state index in [1.165, 1.54) is 16.3 Å². The Morgan fingerprint density at radius 2 is 2.00 bits per heavy atom. The Hall–Kier alpha value is -3.04. The summed E-state index contributed by atoms with van der Waals surface area (Å²) in [6.07, 6.45) is 0.423. The monoisotopic (exact) mass is 457 g/mol. The van der Waals surface area contributed by atoms with Gasteiger partial charge in [0.05, 0.1) is 36.9 Å². The number of aliphatic hydroxyl groups excluding tert-OH is 1. The topological polar surface area (TPSA) is 103 Å². The molecule has 0 aliphatic heterocycles. The van der Waals surface area contributed by atoms with Crippen LogP contribution in [0.1, 0.15) is 24.9 Å². The normalized spacial score (nSPS) is 11.9. The van der Waals surface area contributed by atoms with Crippen molar-refractivity contribution in [2.45, 2.75) is 31.1 Å². The third kappa shape index (κ3) is 5.41. The molecule has 0 aliphatic rings. The van der Waals surface area contributed by atoms with E-state index in [1.807, 2.05) is 19.1 Å². The van der Waals surface area contributed by atoms with E-state index in [0.717, 1.165) is 5.56 Å². The van der Waals surface area contributed by atoms with Gasteiger partial charge in [-0.2, -0.15) is 0 Å². The molecule has 1 unspecified atom stereocenters. The molecule has 2 aromatic carbocycles. The van der Waals surface area contributed by atoms with Gasteiger partial charge >= 0.3 is 0 Å². The van der Waals surface area contributed by atoms with E-state index in [0.29, 0.717) is 40.5 Å². The van der Waals surface area contributed by atoms with Crippen LogP contribution in [-0.2, 0) is 11.3 Å². The van der Waals surface area contributed by atoms with Crippen LogP contribution in [0, 0.1) is 0 Å². The molecule has 9 heteroatoms. The number of rotatable bonds is 10. The van der Waals surface area contributed by atoms with Crippen LogP contribution in [0.2, 0.25) is 0 Å². The number of methoxy groups -OCH3 is 2. The summed E-state index contributed by atoms with van der Waals surface area (Å²) in [6.45, 7) is 2.16. The number of nitrogens with one attached hydrogen (secondary N) is 1. The number of benzene rings is 2. The van der Waals surface area contributed by atoms with Crippen molar-refractivity contribution in [3.8, 4) is 11.5 Å². The van der Waals surface area contributed by atoms with Crippen molar-refractivity contribution in [2.24, 2.45) is 0 Å². The van der Waals surface area contributed by atoms with Gasteiger partial charge in [-0.25, -0.2) is 4.98 Å². The zero-order valence-corrected chi connectivity index (χ0v) is 19.1. The Morgan fingerprint density at radius 1 is 1.22 bits per heavy atom. The van der Waals surface area contributed by atoms with Crippen molar-refractivity contribution in [1.82, 2.24) is 14.9 Å². The number of fused-ring (bicyclic) bond motifs is 1. The first-order valence-electron chi connectivity index (χ1n) is 10.2. The van der Waals surface area contributed by atoms with Crippen LogP contribution in [0.25, 0.3) is 10.9 Å². The van der Waals surface area contributed by atoms with Crippen LogP contribution in [0.4, 0.5) is 0 Å². The van der Waals surface area contributed by atoms with Gasteiger partial charge in [0.15, 0.2) is 5.16 Å². The number of para-hydroxylation sites is 1. The fraction of sp³-hybridized carbons (Fsp3) is 0.348. The largest absolute Gasteiger partial charge is 0.497 e. The zero-order chi connectivity index (χ0) is 23.1. The maximum Gasteiger partial charge on any atom is 0.262 e. The SMILES string of the molecule is COc1ccc(OC)c(C(C)NC(=O)CSc2nc3ccccc3c(=O)n2CCCO)c1. The molecule has 8 nitrogen and oxygen atoms in total. The molecule has 2 N–H and O–H groups in total. The number of aliphatic hydroxyl groups is 1. The molecule has 3 aromatic rings. The summed E-state index contributed by atoms with van der Waals surface area (Å²) in [7, 11) is 3.16. The Balaban J connectivity index is 1.76. The molecule has 0 saturated heterocycles. The summed E-state index contributed by atoms with van der Waals surface area (Å²) in [5.41, 5.74) is 1.20. The van der Waals surface area contributed by atoms with Crippen molar-refractivity contribution in [2.75, 3.05) is 26.6 Å². The van der Waals surface area contributed by atoms with Crippen molar-refractivity contribution < 1.29 is 19.4 Å². The van der Waals surface area contributed by atoms with Crippen molar-refractivity contribution in [3.05, 3.63) is 58.4 Å². The number of nitrogens with zero attached hydrogens (tertiary/aromatic N) is 2. The minimum atomic E-state index is -0.311. The Bertz CT molecular complexity index is 1150. The van der Waals surface area contributed by atoms with E-state index in [-0.39, 0.29) is 29.9 Å². The highest BCUT2D eigenvalue weighted by Crippen LogP contribution is 2.29. The van der Waals surface area contributed by atoms with Crippen LogP contribution in [0.3, 0.4) is 0 Å². The molecule has 0 bridgehead atoms. The molecule has 0 fully saturated rings. The molecule has 0 spiro atoms. The third-order valence-electron chi connectivity index (χ3n) is 4.98. The highest BCUT2D eigenvalue weighted by Gasteiger charge is 2.17. The molecule has 1 heterocycles. The summed E-state index contributed by atoms with van der Waals surface area (Å²) in [6, 6.07) is 12.2. The number of aromatic nitrogens is 2. The smallest absolute Gasteiger partial charge is 0.262 e. The second kappa shape index (κ2) is 11.0. The van der Waals surface area contributed by atoms with Crippen LogP contribution in [0.5, 0.6) is 11.5 Å². The summed E-state index contributed by atoms with van der Waals surface area (Å²) in [5.74, 6) is 1.20. The predicted octanol–water partition coefficient (Wildman–Crippen LogP) is 2.77. The van der Waals surface area contributed by atoms with Gasteiger partial charge < -0.3 is 19.9 Å². The molecule has 0 aliphatic carbocycles. The van der Waals surface area contributed by atoms with Crippen molar-refractivity contribution in [1.29, 1.82) is 0 Å². The summed E-state index contributed by atoms with van der Waals surface area (Å²) >= 11 is 1.19. The minimum Gasteiger partial charge on any atom is -0.497 e. The molecule has 170 valence electrons. The molecule has 1 aromatic heterocycles. The highest BCUT2D eigenvalue weighted by molar-refractivity contribution is 7.99. The average molecular weight is 458 g/mol. The fourth-order valence-electron chi connectivity index (χ4n) is 3.35. The van der Waals surface area contributed by atoms with E-state index in [1.54, 1.807) is 44.6 Å².